The smallest absolute Gasteiger partial charge is 0.0991 e. The largest absolute Gasteiger partial charge is 0.308 e. The van der Waals surface area contributed by atoms with Gasteiger partial charge in [0.2, 0.25) is 0 Å². The van der Waals surface area contributed by atoms with E-state index < -0.39 is 0 Å². The molecule has 8 aromatic rings. The molecule has 4 heteroatoms. The molecular weight excluding hydrogens is 500 g/mol. The van der Waals surface area contributed by atoms with Crippen LogP contribution in [0.25, 0.3) is 71.3 Å². The van der Waals surface area contributed by atoms with Crippen LogP contribution in [0.4, 0.5) is 0 Å². The van der Waals surface area contributed by atoms with Gasteiger partial charge in [0, 0.05) is 34.9 Å². The van der Waals surface area contributed by atoms with E-state index in [2.05, 4.69) is 99.5 Å². The van der Waals surface area contributed by atoms with E-state index in [0.717, 1.165) is 38.6 Å². The number of nitrogens with zero attached hydrogens (tertiary/aromatic N) is 4. The van der Waals surface area contributed by atoms with Crippen LogP contribution in [-0.2, 0) is 0 Å². The number of hydrogen-bond donors (Lipinski definition) is 0. The van der Waals surface area contributed by atoms with Gasteiger partial charge < -0.3 is 4.57 Å². The molecule has 0 aliphatic rings. The van der Waals surface area contributed by atoms with Crippen molar-refractivity contribution < 1.29 is 0 Å². The molecule has 8 rings (SSSR count). The van der Waals surface area contributed by atoms with Crippen molar-refractivity contribution in [1.29, 1.82) is 5.26 Å². The van der Waals surface area contributed by atoms with Gasteiger partial charge in [-0.25, -0.2) is 0 Å². The van der Waals surface area contributed by atoms with Crippen LogP contribution in [0.5, 0.6) is 0 Å². The predicted octanol–water partition coefficient (Wildman–Crippen LogP) is 9.09. The maximum atomic E-state index is 9.71. The second-order valence-electron chi connectivity index (χ2n) is 10.2. The molecule has 0 aliphatic carbocycles. The van der Waals surface area contributed by atoms with Crippen molar-refractivity contribution in [2.45, 2.75) is 0 Å². The molecule has 0 aliphatic heterocycles. The summed E-state index contributed by atoms with van der Waals surface area (Å²) in [7, 11) is 0. The van der Waals surface area contributed by atoms with Crippen molar-refractivity contribution in [3.63, 3.8) is 0 Å². The molecule has 3 aromatic heterocycles. The van der Waals surface area contributed by atoms with E-state index in [0.29, 0.717) is 5.56 Å². The van der Waals surface area contributed by atoms with Gasteiger partial charge in [-0.05, 0) is 86.8 Å². The maximum Gasteiger partial charge on any atom is 0.0991 e. The predicted molar refractivity (Wildman–Crippen MR) is 167 cm³/mol. The van der Waals surface area contributed by atoms with Crippen molar-refractivity contribution in [3.05, 3.63) is 140 Å². The molecule has 190 valence electrons. The molecule has 41 heavy (non-hydrogen) atoms. The van der Waals surface area contributed by atoms with Gasteiger partial charge >= 0.3 is 0 Å². The summed E-state index contributed by atoms with van der Waals surface area (Å²) >= 11 is 0. The first kappa shape index (κ1) is 23.1. The lowest BCUT2D eigenvalue weighted by Crippen LogP contribution is -1.94. The minimum atomic E-state index is 0.643. The molecule has 0 saturated carbocycles. The Hall–Kier alpha value is -5.79. The summed E-state index contributed by atoms with van der Waals surface area (Å²) in [6, 6.07) is 40.4. The molecule has 0 N–H and O–H groups in total. The Morgan fingerprint density at radius 1 is 0.512 bits per heavy atom. The number of aromatic nitrogens is 3. The van der Waals surface area contributed by atoms with Crippen LogP contribution in [0.15, 0.2) is 134 Å². The van der Waals surface area contributed by atoms with Gasteiger partial charge in [0.15, 0.2) is 0 Å². The number of pyridine rings is 2. The third-order valence-electron chi connectivity index (χ3n) is 7.97. The Morgan fingerprint density at radius 3 is 1.68 bits per heavy atom. The summed E-state index contributed by atoms with van der Waals surface area (Å²) in [5.41, 5.74) is 8.39. The quantitative estimate of drug-likeness (QED) is 0.217. The molecule has 5 aromatic carbocycles. The van der Waals surface area contributed by atoms with Crippen LogP contribution in [0, 0.1) is 11.3 Å². The highest BCUT2D eigenvalue weighted by Crippen LogP contribution is 2.44. The highest BCUT2D eigenvalue weighted by atomic mass is 15.0. The Morgan fingerprint density at radius 2 is 1.10 bits per heavy atom. The summed E-state index contributed by atoms with van der Waals surface area (Å²) in [5, 5.41) is 16.6. The number of benzene rings is 5. The molecule has 0 amide bonds. The third-order valence-corrected chi connectivity index (χ3v) is 7.97. The summed E-state index contributed by atoms with van der Waals surface area (Å²) in [4.78, 5) is 8.81. The van der Waals surface area contributed by atoms with Crippen LogP contribution in [0.1, 0.15) is 5.56 Å². The zero-order chi connectivity index (χ0) is 27.3. The van der Waals surface area contributed by atoms with Crippen LogP contribution in [0.3, 0.4) is 0 Å². The van der Waals surface area contributed by atoms with Crippen LogP contribution in [-0.4, -0.2) is 14.5 Å². The SMILES string of the molecule is N#Cc1ccc2c(c1)c1cc(-c3c4ccccc4c(-c4cccnc4)c4ccccc34)ccc1n2-c1cccnc1. The Bertz CT molecular complexity index is 2250. The lowest BCUT2D eigenvalue weighted by Gasteiger charge is -2.17. The minimum Gasteiger partial charge on any atom is -0.308 e. The molecule has 0 saturated heterocycles. The lowest BCUT2D eigenvalue weighted by atomic mass is 9.86. The van der Waals surface area contributed by atoms with Gasteiger partial charge in [-0.2, -0.15) is 5.26 Å². The maximum absolute atomic E-state index is 9.71. The molecule has 0 spiro atoms. The second kappa shape index (κ2) is 9.15. The molecule has 0 unspecified atom stereocenters. The number of fused-ring (bicyclic) bond motifs is 5. The Balaban J connectivity index is 1.49. The van der Waals surface area contributed by atoms with Crippen LogP contribution in [0.2, 0.25) is 0 Å². The first-order valence-electron chi connectivity index (χ1n) is 13.5. The molecule has 0 radical (unpaired) electrons. The molecule has 0 fully saturated rings. The molecule has 4 nitrogen and oxygen atoms in total. The van der Waals surface area contributed by atoms with Gasteiger partial charge in [-0.3, -0.25) is 9.97 Å². The van der Waals surface area contributed by atoms with E-state index >= 15 is 0 Å². The normalized spacial score (nSPS) is 11.4. The summed E-state index contributed by atoms with van der Waals surface area (Å²) in [5.74, 6) is 0. The fourth-order valence-electron chi connectivity index (χ4n) is 6.27. The molecular formula is C37H22N4. The molecule has 0 bridgehead atoms. The number of hydrogen-bond acceptors (Lipinski definition) is 3. The van der Waals surface area contributed by atoms with Crippen molar-refractivity contribution in [2.24, 2.45) is 0 Å². The lowest BCUT2D eigenvalue weighted by molar-refractivity contribution is 1.14. The average Bonchev–Trinajstić information content (AvgIpc) is 3.37. The Kier molecular flexibility index (Phi) is 5.16. The van der Waals surface area contributed by atoms with Crippen LogP contribution >= 0.6 is 0 Å². The highest BCUT2D eigenvalue weighted by molar-refractivity contribution is 6.22. The van der Waals surface area contributed by atoms with E-state index in [1.807, 2.05) is 48.9 Å². The zero-order valence-electron chi connectivity index (χ0n) is 22.0. The monoisotopic (exact) mass is 522 g/mol. The number of rotatable bonds is 3. The van der Waals surface area contributed by atoms with E-state index in [-0.39, 0.29) is 0 Å². The standard InChI is InChI=1S/C37H22N4/c38-21-24-13-15-34-32(19-24)33-20-25(14-16-35(33)41(34)27-8-6-18-40-23-27)36-28-9-1-3-11-30(28)37(26-7-5-17-39-22-26)31-12-4-2-10-29(31)36/h1-20,22-23H. The molecule has 0 atom stereocenters. The van der Waals surface area contributed by atoms with Crippen LogP contribution < -0.4 is 0 Å². The highest BCUT2D eigenvalue weighted by Gasteiger charge is 2.19. The van der Waals surface area contributed by atoms with Gasteiger partial charge in [0.25, 0.3) is 0 Å². The van der Waals surface area contributed by atoms with Gasteiger partial charge in [0.05, 0.1) is 34.6 Å². The average molecular weight is 523 g/mol. The molecule has 3 heterocycles. The van der Waals surface area contributed by atoms with Gasteiger partial charge in [-0.1, -0.05) is 60.7 Å². The van der Waals surface area contributed by atoms with Gasteiger partial charge in [0.1, 0.15) is 0 Å². The fourth-order valence-corrected chi connectivity index (χ4v) is 6.27. The van der Waals surface area contributed by atoms with Crippen molar-refractivity contribution >= 4 is 43.4 Å². The van der Waals surface area contributed by atoms with E-state index in [1.165, 1.54) is 32.7 Å². The summed E-state index contributed by atoms with van der Waals surface area (Å²) < 4.78 is 2.23. The summed E-state index contributed by atoms with van der Waals surface area (Å²) in [6.07, 6.45) is 7.43. The fraction of sp³-hybridized carbons (Fsp3) is 0. The van der Waals surface area contributed by atoms with E-state index in [1.54, 1.807) is 6.20 Å². The minimum absolute atomic E-state index is 0.643. The van der Waals surface area contributed by atoms with Crippen molar-refractivity contribution in [3.8, 4) is 34.0 Å². The topological polar surface area (TPSA) is 54.5 Å². The third kappa shape index (κ3) is 3.53. The first-order valence-corrected chi connectivity index (χ1v) is 13.5. The van der Waals surface area contributed by atoms with E-state index in [4.69, 9.17) is 0 Å². The zero-order valence-corrected chi connectivity index (χ0v) is 22.0. The summed E-state index contributed by atoms with van der Waals surface area (Å²) in [6.45, 7) is 0. The van der Waals surface area contributed by atoms with E-state index in [9.17, 15) is 5.26 Å². The Labute approximate surface area is 236 Å². The number of nitriles is 1. The first-order chi connectivity index (χ1) is 20.3. The second-order valence-corrected chi connectivity index (χ2v) is 10.2. The van der Waals surface area contributed by atoms with Crippen molar-refractivity contribution in [1.82, 2.24) is 14.5 Å². The van der Waals surface area contributed by atoms with Gasteiger partial charge in [-0.15, -0.1) is 0 Å². The van der Waals surface area contributed by atoms with Crippen molar-refractivity contribution in [2.75, 3.05) is 0 Å².